The molecule has 1 unspecified atom stereocenters. The van der Waals surface area contributed by atoms with Crippen molar-refractivity contribution in [3.8, 4) is 0 Å². The summed E-state index contributed by atoms with van der Waals surface area (Å²) in [6, 6.07) is 8.32. The third-order valence-corrected chi connectivity index (χ3v) is 3.77. The number of nitrogens with zero attached hydrogens (tertiary/aromatic N) is 2. The summed E-state index contributed by atoms with van der Waals surface area (Å²) in [7, 11) is -3.26. The lowest BCUT2D eigenvalue weighted by Crippen LogP contribution is -2.27. The predicted molar refractivity (Wildman–Crippen MR) is 47.1 cm³/mol. The molecule has 0 amide bonds. The van der Waals surface area contributed by atoms with Crippen molar-refractivity contribution < 1.29 is 8.42 Å². The van der Waals surface area contributed by atoms with Gasteiger partial charge >= 0.3 is 0 Å². The summed E-state index contributed by atoms with van der Waals surface area (Å²) in [6.07, 6.45) is 0. The van der Waals surface area contributed by atoms with E-state index in [0.717, 1.165) is 0 Å². The molecule has 1 aromatic carbocycles. The summed E-state index contributed by atoms with van der Waals surface area (Å²) in [5, 5.41) is 6.43. The van der Waals surface area contributed by atoms with Crippen molar-refractivity contribution in [1.29, 1.82) is 0 Å². The fourth-order valence-corrected chi connectivity index (χ4v) is 2.38. The number of rotatable bonds is 2. The van der Waals surface area contributed by atoms with Gasteiger partial charge in [0.1, 0.15) is 0 Å². The zero-order chi connectivity index (χ0) is 9.31. The van der Waals surface area contributed by atoms with Crippen LogP contribution in [-0.4, -0.2) is 20.3 Å². The zero-order valence-corrected chi connectivity index (χ0v) is 7.61. The summed E-state index contributed by atoms with van der Waals surface area (Å²) in [5.41, 5.74) is 0. The normalized spacial score (nSPS) is 21.1. The molecule has 0 radical (unpaired) electrons. The molecule has 13 heavy (non-hydrogen) atoms. The summed E-state index contributed by atoms with van der Waals surface area (Å²) in [6.45, 7) is 0.289. The second-order valence-electron chi connectivity index (χ2n) is 2.75. The highest BCUT2D eigenvalue weighted by molar-refractivity contribution is 7.92. The summed E-state index contributed by atoms with van der Waals surface area (Å²) < 4.78 is 23.3. The minimum atomic E-state index is -3.26. The molecule has 0 N–H and O–H groups in total. The first kappa shape index (κ1) is 8.37. The second-order valence-corrected chi connectivity index (χ2v) is 4.86. The van der Waals surface area contributed by atoms with Crippen LogP contribution in [0.5, 0.6) is 0 Å². The summed E-state index contributed by atoms with van der Waals surface area (Å²) in [5.74, 6) is 0. The van der Waals surface area contributed by atoms with Crippen LogP contribution in [0.4, 0.5) is 0 Å². The molecular formula is C8H8N2O2S. The SMILES string of the molecule is O=S(=O)(c1ccccc1)C1CN=N1. The van der Waals surface area contributed by atoms with Crippen molar-refractivity contribution in [2.75, 3.05) is 6.54 Å². The maximum atomic E-state index is 11.7. The highest BCUT2D eigenvalue weighted by atomic mass is 32.2. The van der Waals surface area contributed by atoms with Crippen LogP contribution in [0.25, 0.3) is 0 Å². The van der Waals surface area contributed by atoms with Gasteiger partial charge in [0, 0.05) is 0 Å². The van der Waals surface area contributed by atoms with Gasteiger partial charge in [-0.05, 0) is 12.1 Å². The van der Waals surface area contributed by atoms with Crippen molar-refractivity contribution in [1.82, 2.24) is 0 Å². The standard InChI is InChI=1S/C8H8N2O2S/c11-13(12,8-6-9-10-8)7-4-2-1-3-5-7/h1-5,8H,6H2. The Bertz CT molecular complexity index is 425. The minimum Gasteiger partial charge on any atom is -0.221 e. The van der Waals surface area contributed by atoms with Crippen LogP contribution in [0.2, 0.25) is 0 Å². The average Bonchev–Trinajstić information content (AvgIpc) is 2.02. The van der Waals surface area contributed by atoms with E-state index in [-0.39, 0.29) is 6.54 Å². The Morgan fingerprint density at radius 3 is 2.31 bits per heavy atom. The van der Waals surface area contributed by atoms with Gasteiger partial charge < -0.3 is 0 Å². The maximum Gasteiger partial charge on any atom is 0.205 e. The van der Waals surface area contributed by atoms with Crippen LogP contribution in [0.15, 0.2) is 45.5 Å². The van der Waals surface area contributed by atoms with E-state index in [1.807, 2.05) is 0 Å². The van der Waals surface area contributed by atoms with Crippen molar-refractivity contribution in [2.24, 2.45) is 10.2 Å². The molecule has 0 fully saturated rings. The molecule has 1 aromatic rings. The Hall–Kier alpha value is -1.23. The molecule has 0 saturated carbocycles. The van der Waals surface area contributed by atoms with E-state index in [1.165, 1.54) is 0 Å². The molecule has 1 aliphatic rings. The zero-order valence-electron chi connectivity index (χ0n) is 6.79. The molecule has 0 bridgehead atoms. The lowest BCUT2D eigenvalue weighted by atomic mass is 10.4. The third-order valence-electron chi connectivity index (χ3n) is 1.88. The molecule has 68 valence electrons. The predicted octanol–water partition coefficient (Wildman–Crippen LogP) is 1.25. The van der Waals surface area contributed by atoms with Gasteiger partial charge in [-0.3, -0.25) is 0 Å². The van der Waals surface area contributed by atoms with Gasteiger partial charge in [-0.25, -0.2) is 8.42 Å². The topological polar surface area (TPSA) is 58.9 Å². The van der Waals surface area contributed by atoms with E-state index >= 15 is 0 Å². The number of sulfone groups is 1. The summed E-state index contributed by atoms with van der Waals surface area (Å²) in [4.78, 5) is 0.318. The highest BCUT2D eigenvalue weighted by Gasteiger charge is 2.31. The van der Waals surface area contributed by atoms with E-state index in [4.69, 9.17) is 0 Å². The van der Waals surface area contributed by atoms with Crippen molar-refractivity contribution in [2.45, 2.75) is 10.3 Å². The van der Waals surface area contributed by atoms with E-state index in [1.54, 1.807) is 30.3 Å². The van der Waals surface area contributed by atoms with E-state index < -0.39 is 15.2 Å². The Labute approximate surface area is 76.2 Å². The van der Waals surface area contributed by atoms with Gasteiger partial charge in [-0.1, -0.05) is 18.2 Å². The lowest BCUT2D eigenvalue weighted by Gasteiger charge is -2.15. The van der Waals surface area contributed by atoms with E-state index in [2.05, 4.69) is 10.2 Å². The molecule has 4 nitrogen and oxygen atoms in total. The summed E-state index contributed by atoms with van der Waals surface area (Å²) >= 11 is 0. The van der Waals surface area contributed by atoms with Gasteiger partial charge in [0.25, 0.3) is 0 Å². The minimum absolute atomic E-state index is 0.289. The Kier molecular flexibility index (Phi) is 1.88. The second kappa shape index (κ2) is 2.92. The highest BCUT2D eigenvalue weighted by Crippen LogP contribution is 2.21. The van der Waals surface area contributed by atoms with Crippen molar-refractivity contribution in [3.63, 3.8) is 0 Å². The smallest absolute Gasteiger partial charge is 0.205 e. The van der Waals surface area contributed by atoms with Crippen LogP contribution < -0.4 is 0 Å². The number of hydrogen-bond donors (Lipinski definition) is 0. The van der Waals surface area contributed by atoms with Gasteiger partial charge in [0.2, 0.25) is 9.84 Å². The van der Waals surface area contributed by atoms with Gasteiger partial charge in [0.05, 0.1) is 11.4 Å². The first-order valence-corrected chi connectivity index (χ1v) is 5.41. The lowest BCUT2D eigenvalue weighted by molar-refractivity contribution is 0.555. The van der Waals surface area contributed by atoms with Crippen molar-refractivity contribution in [3.05, 3.63) is 30.3 Å². The molecule has 0 spiro atoms. The van der Waals surface area contributed by atoms with Crippen LogP contribution in [0, 0.1) is 0 Å². The van der Waals surface area contributed by atoms with Gasteiger partial charge in [0.15, 0.2) is 5.37 Å². The number of benzene rings is 1. The Morgan fingerprint density at radius 2 is 1.85 bits per heavy atom. The first-order chi connectivity index (χ1) is 6.21. The van der Waals surface area contributed by atoms with Crippen LogP contribution >= 0.6 is 0 Å². The van der Waals surface area contributed by atoms with Crippen LogP contribution in [0.3, 0.4) is 0 Å². The van der Waals surface area contributed by atoms with E-state index in [9.17, 15) is 8.42 Å². The molecule has 0 saturated heterocycles. The Morgan fingerprint density at radius 1 is 1.23 bits per heavy atom. The van der Waals surface area contributed by atoms with Gasteiger partial charge in [-0.2, -0.15) is 10.2 Å². The first-order valence-electron chi connectivity index (χ1n) is 3.87. The Balaban J connectivity index is 2.41. The molecule has 1 aliphatic heterocycles. The van der Waals surface area contributed by atoms with E-state index in [0.29, 0.717) is 4.90 Å². The third kappa shape index (κ3) is 1.35. The number of azo groups is 1. The fraction of sp³-hybridized carbons (Fsp3) is 0.250. The number of hydrogen-bond acceptors (Lipinski definition) is 4. The van der Waals surface area contributed by atoms with Crippen molar-refractivity contribution >= 4 is 9.84 Å². The van der Waals surface area contributed by atoms with Gasteiger partial charge in [-0.15, -0.1) is 0 Å². The molecule has 5 heteroatoms. The molecule has 1 heterocycles. The molecular weight excluding hydrogens is 188 g/mol. The molecule has 2 rings (SSSR count). The average molecular weight is 196 g/mol. The monoisotopic (exact) mass is 196 g/mol. The van der Waals surface area contributed by atoms with Crippen LogP contribution in [-0.2, 0) is 9.84 Å². The fourth-order valence-electron chi connectivity index (χ4n) is 1.08. The quantitative estimate of drug-likeness (QED) is 0.714. The largest absolute Gasteiger partial charge is 0.221 e. The maximum absolute atomic E-state index is 11.7. The molecule has 0 aliphatic carbocycles. The molecule has 1 atom stereocenters. The van der Waals surface area contributed by atoms with Crippen LogP contribution in [0.1, 0.15) is 0 Å². The molecule has 0 aromatic heterocycles.